The van der Waals surface area contributed by atoms with Crippen LogP contribution < -0.4 is 0 Å². The normalized spacial score (nSPS) is 21.4. The van der Waals surface area contributed by atoms with E-state index in [1.165, 1.54) is 4.90 Å². The van der Waals surface area contributed by atoms with Crippen LogP contribution in [0.5, 0.6) is 0 Å². The molecule has 1 unspecified atom stereocenters. The number of benzene rings is 1. The molecule has 0 radical (unpaired) electrons. The van der Waals surface area contributed by atoms with Crippen molar-refractivity contribution in [3.8, 4) is 0 Å². The third kappa shape index (κ3) is 7.80. The van der Waals surface area contributed by atoms with E-state index in [4.69, 9.17) is 32.7 Å². The zero-order chi connectivity index (χ0) is 28.2. The molecule has 1 saturated carbocycles. The molecule has 8 nitrogen and oxygen atoms in total. The van der Waals surface area contributed by atoms with Gasteiger partial charge >= 0.3 is 6.09 Å². The van der Waals surface area contributed by atoms with E-state index in [1.807, 2.05) is 28.9 Å². The van der Waals surface area contributed by atoms with Crippen molar-refractivity contribution in [2.45, 2.75) is 64.4 Å². The van der Waals surface area contributed by atoms with Gasteiger partial charge in [0, 0.05) is 57.7 Å². The van der Waals surface area contributed by atoms with Crippen LogP contribution in [0.3, 0.4) is 0 Å². The molecule has 39 heavy (non-hydrogen) atoms. The molecule has 3 amide bonds. The summed E-state index contributed by atoms with van der Waals surface area (Å²) in [5.41, 5.74) is 0.797. The highest BCUT2D eigenvalue weighted by molar-refractivity contribution is 6.42. The van der Waals surface area contributed by atoms with Gasteiger partial charge in [0.2, 0.25) is 11.8 Å². The van der Waals surface area contributed by atoms with Crippen LogP contribution in [0.25, 0.3) is 0 Å². The molecule has 0 aromatic heterocycles. The summed E-state index contributed by atoms with van der Waals surface area (Å²) in [6.07, 6.45) is 4.63. The number of carbonyl (C=O) groups excluding carboxylic acids is 3. The summed E-state index contributed by atoms with van der Waals surface area (Å²) < 4.78 is 11.0. The molecule has 2 atom stereocenters. The summed E-state index contributed by atoms with van der Waals surface area (Å²) in [5, 5.41) is 0.971. The van der Waals surface area contributed by atoms with Crippen LogP contribution >= 0.6 is 23.2 Å². The van der Waals surface area contributed by atoms with Gasteiger partial charge in [-0.05, 0) is 62.1 Å². The van der Waals surface area contributed by atoms with Crippen LogP contribution in [0.4, 0.5) is 4.79 Å². The van der Waals surface area contributed by atoms with Crippen molar-refractivity contribution in [1.29, 1.82) is 0 Å². The Labute approximate surface area is 241 Å². The van der Waals surface area contributed by atoms with E-state index in [-0.39, 0.29) is 41.8 Å². The van der Waals surface area contributed by atoms with Crippen molar-refractivity contribution in [3.05, 3.63) is 33.8 Å². The van der Waals surface area contributed by atoms with Crippen LogP contribution in [0.2, 0.25) is 10.0 Å². The Morgan fingerprint density at radius 3 is 2.46 bits per heavy atom. The Morgan fingerprint density at radius 1 is 1.13 bits per heavy atom. The van der Waals surface area contributed by atoms with E-state index < -0.39 is 6.09 Å². The van der Waals surface area contributed by atoms with Gasteiger partial charge in [0.1, 0.15) is 6.61 Å². The lowest BCUT2D eigenvalue weighted by Crippen LogP contribution is -2.48. The van der Waals surface area contributed by atoms with Gasteiger partial charge in [-0.25, -0.2) is 4.79 Å². The van der Waals surface area contributed by atoms with E-state index >= 15 is 0 Å². The summed E-state index contributed by atoms with van der Waals surface area (Å²) >= 11 is 12.4. The van der Waals surface area contributed by atoms with Gasteiger partial charge in [0.25, 0.3) is 0 Å². The third-order valence-electron chi connectivity index (χ3n) is 8.40. The van der Waals surface area contributed by atoms with E-state index in [1.54, 1.807) is 13.1 Å². The first-order valence-electron chi connectivity index (χ1n) is 14.1. The number of likely N-dealkylation sites (tertiary alicyclic amines) is 1. The molecule has 3 fully saturated rings. The molecule has 0 N–H and O–H groups in total. The maximum Gasteiger partial charge on any atom is 0.409 e. The molecule has 2 heterocycles. The van der Waals surface area contributed by atoms with Gasteiger partial charge in [-0.1, -0.05) is 43.1 Å². The van der Waals surface area contributed by atoms with Crippen molar-refractivity contribution in [1.82, 2.24) is 14.7 Å². The van der Waals surface area contributed by atoms with E-state index in [0.29, 0.717) is 62.2 Å². The molecule has 10 heteroatoms. The zero-order valence-corrected chi connectivity index (χ0v) is 24.8. The predicted octanol–water partition coefficient (Wildman–Crippen LogP) is 5.21. The second-order valence-corrected chi connectivity index (χ2v) is 12.4. The lowest BCUT2D eigenvalue weighted by Gasteiger charge is -2.36. The van der Waals surface area contributed by atoms with Crippen LogP contribution in [0, 0.1) is 11.3 Å². The number of hydrogen-bond donors (Lipinski definition) is 0. The molecular weight excluding hydrogens is 541 g/mol. The molecule has 1 aromatic carbocycles. The van der Waals surface area contributed by atoms with Gasteiger partial charge in [0.15, 0.2) is 0 Å². The molecule has 0 spiro atoms. The van der Waals surface area contributed by atoms with E-state index in [2.05, 4.69) is 6.92 Å². The van der Waals surface area contributed by atoms with Gasteiger partial charge < -0.3 is 24.2 Å². The molecule has 1 aliphatic carbocycles. The Morgan fingerprint density at radius 2 is 1.85 bits per heavy atom. The van der Waals surface area contributed by atoms with Crippen molar-refractivity contribution < 1.29 is 23.9 Å². The van der Waals surface area contributed by atoms with E-state index in [0.717, 1.165) is 31.2 Å². The fourth-order valence-electron chi connectivity index (χ4n) is 5.33. The number of rotatable bonds is 10. The zero-order valence-electron chi connectivity index (χ0n) is 23.3. The maximum atomic E-state index is 13.8. The molecule has 3 aliphatic rings. The monoisotopic (exact) mass is 581 g/mol. The van der Waals surface area contributed by atoms with Crippen LogP contribution in [-0.4, -0.2) is 91.7 Å². The smallest absolute Gasteiger partial charge is 0.409 e. The molecule has 1 aromatic rings. The highest BCUT2D eigenvalue weighted by atomic mass is 35.5. The summed E-state index contributed by atoms with van der Waals surface area (Å²) in [4.78, 5) is 44.4. The highest BCUT2D eigenvalue weighted by Gasteiger charge is 2.47. The number of likely N-dealkylation sites (N-methyl/N-ethyl adjacent to an activating group) is 1. The topological polar surface area (TPSA) is 79.4 Å². The fraction of sp³-hybridized carbons (Fsp3) is 0.690. The quantitative estimate of drug-likeness (QED) is 0.379. The Bertz CT molecular complexity index is 1040. The SMILES string of the molecule is C[C@H](CN(CCN(C)C(=O)OCC1CCCO1)C(=O)C1CCN(C(=O)C2(C)CC2)CC1)c1ccc(Cl)c(Cl)c1. The number of ether oxygens (including phenoxy) is 2. The molecule has 2 saturated heterocycles. The minimum Gasteiger partial charge on any atom is -0.447 e. The number of amides is 3. The van der Waals surface area contributed by atoms with Crippen molar-refractivity contribution in [2.75, 3.05) is 53.0 Å². The molecular formula is C29H41Cl2N3O5. The molecule has 0 bridgehead atoms. The minimum absolute atomic E-state index is 0.0111. The first kappa shape index (κ1) is 29.9. The second-order valence-electron chi connectivity index (χ2n) is 11.6. The largest absolute Gasteiger partial charge is 0.447 e. The number of halogens is 2. The lowest BCUT2D eigenvalue weighted by atomic mass is 9.93. The van der Waals surface area contributed by atoms with Crippen molar-refractivity contribution in [2.24, 2.45) is 11.3 Å². The van der Waals surface area contributed by atoms with E-state index in [9.17, 15) is 14.4 Å². The number of piperidine rings is 1. The van der Waals surface area contributed by atoms with Crippen molar-refractivity contribution >= 4 is 41.1 Å². The highest BCUT2D eigenvalue weighted by Crippen LogP contribution is 2.47. The van der Waals surface area contributed by atoms with Crippen molar-refractivity contribution in [3.63, 3.8) is 0 Å². The summed E-state index contributed by atoms with van der Waals surface area (Å²) in [7, 11) is 1.69. The molecule has 2 aliphatic heterocycles. The van der Waals surface area contributed by atoms with Crippen LogP contribution in [0.1, 0.15) is 63.9 Å². The Balaban J connectivity index is 1.36. The first-order chi connectivity index (χ1) is 18.6. The van der Waals surface area contributed by atoms with Crippen LogP contribution in [-0.2, 0) is 19.1 Å². The maximum absolute atomic E-state index is 13.8. The van der Waals surface area contributed by atoms with Gasteiger partial charge in [0.05, 0.1) is 16.1 Å². The lowest BCUT2D eigenvalue weighted by molar-refractivity contribution is -0.143. The molecule has 216 valence electrons. The van der Waals surface area contributed by atoms with Gasteiger partial charge in [-0.15, -0.1) is 0 Å². The Kier molecular flexibility index (Phi) is 10.0. The summed E-state index contributed by atoms with van der Waals surface area (Å²) in [6.45, 7) is 7.46. The first-order valence-corrected chi connectivity index (χ1v) is 14.9. The number of carbonyl (C=O) groups is 3. The molecule has 4 rings (SSSR count). The second kappa shape index (κ2) is 13.1. The third-order valence-corrected chi connectivity index (χ3v) is 9.14. The van der Waals surface area contributed by atoms with Gasteiger partial charge in [-0.3, -0.25) is 9.59 Å². The standard InChI is InChI=1S/C29H41Cl2N3O5/c1-20(22-6-7-24(30)25(31)17-22)18-34(15-14-32(3)28(37)39-19-23-5-4-16-38-23)26(35)21-8-12-33(13-9-21)27(36)29(2)10-11-29/h6-7,17,20-21,23H,4-5,8-16,18-19H2,1-3H3/t20-,23?/m1/s1. The minimum atomic E-state index is -0.421. The van der Waals surface area contributed by atoms with Gasteiger partial charge in [-0.2, -0.15) is 0 Å². The summed E-state index contributed by atoms with van der Waals surface area (Å²) in [6, 6.07) is 5.54. The number of nitrogens with zero attached hydrogens (tertiary/aromatic N) is 3. The predicted molar refractivity (Wildman–Crippen MR) is 151 cm³/mol. The fourth-order valence-corrected chi connectivity index (χ4v) is 5.64. The Hall–Kier alpha value is -2.03. The average molecular weight is 583 g/mol. The summed E-state index contributed by atoms with van der Waals surface area (Å²) in [5.74, 6) is 0.144. The van der Waals surface area contributed by atoms with Crippen LogP contribution in [0.15, 0.2) is 18.2 Å². The average Bonchev–Trinajstić information content (AvgIpc) is 3.47. The number of hydrogen-bond acceptors (Lipinski definition) is 5.